The topological polar surface area (TPSA) is 46.2 Å². The fraction of sp³-hybridized carbons (Fsp3) is 0.833. The third kappa shape index (κ3) is 4.49. The Morgan fingerprint density at radius 1 is 1.70 bits per heavy atom. The van der Waals surface area contributed by atoms with E-state index in [1.165, 1.54) is 6.92 Å². The molecule has 0 radical (unpaired) electrons. The van der Waals surface area contributed by atoms with Crippen molar-refractivity contribution >= 4 is 16.7 Å². The normalized spacial score (nSPS) is 15.9. The van der Waals surface area contributed by atoms with E-state index in [9.17, 15) is 9.00 Å². The molecule has 0 saturated heterocycles. The number of nitrogens with one attached hydrogen (secondary N) is 1. The number of carbonyl (C=O) groups is 1. The Kier molecular flexibility index (Phi) is 4.27. The number of amides is 1. The van der Waals surface area contributed by atoms with Crippen LogP contribution in [0, 0.1) is 0 Å². The molecule has 4 heteroatoms. The third-order valence-corrected chi connectivity index (χ3v) is 2.51. The van der Waals surface area contributed by atoms with Crippen molar-refractivity contribution in [2.24, 2.45) is 0 Å². The van der Waals surface area contributed by atoms with Crippen LogP contribution in [-0.4, -0.2) is 28.2 Å². The van der Waals surface area contributed by atoms with Gasteiger partial charge in [-0.05, 0) is 6.92 Å². The number of rotatable bonds is 3. The van der Waals surface area contributed by atoms with Crippen LogP contribution in [0.15, 0.2) is 0 Å². The first-order valence-electron chi connectivity index (χ1n) is 3.10. The molecule has 0 aromatic rings. The van der Waals surface area contributed by atoms with Gasteiger partial charge in [0.1, 0.15) is 0 Å². The fourth-order valence-electron chi connectivity index (χ4n) is 0.405. The summed E-state index contributed by atoms with van der Waals surface area (Å²) in [6.45, 7) is 3.79. The average molecular weight is 163 g/mol. The van der Waals surface area contributed by atoms with Gasteiger partial charge in [0.25, 0.3) is 0 Å². The van der Waals surface area contributed by atoms with Crippen LogP contribution >= 0.6 is 0 Å². The van der Waals surface area contributed by atoms with Crippen molar-refractivity contribution in [2.45, 2.75) is 19.1 Å². The summed E-state index contributed by atoms with van der Waals surface area (Å²) in [5, 5.41) is 2.64. The fourth-order valence-corrected chi connectivity index (χ4v) is 0.723. The molecule has 2 atom stereocenters. The molecule has 3 nitrogen and oxygen atoms in total. The van der Waals surface area contributed by atoms with Crippen molar-refractivity contribution in [2.75, 3.05) is 12.8 Å². The molecular weight excluding hydrogens is 150 g/mol. The molecule has 1 N–H and O–H groups in total. The average Bonchev–Trinajstić information content (AvgIpc) is 1.82. The first kappa shape index (κ1) is 9.62. The van der Waals surface area contributed by atoms with Crippen molar-refractivity contribution < 1.29 is 9.00 Å². The predicted octanol–water partition coefficient (Wildman–Crippen LogP) is -0.111. The van der Waals surface area contributed by atoms with Gasteiger partial charge in [-0.25, -0.2) is 0 Å². The first-order chi connectivity index (χ1) is 4.54. The molecule has 0 fully saturated rings. The predicted molar refractivity (Wildman–Crippen MR) is 42.2 cm³/mol. The van der Waals surface area contributed by atoms with Gasteiger partial charge in [0.05, 0.1) is 0 Å². The molecule has 10 heavy (non-hydrogen) atoms. The van der Waals surface area contributed by atoms with E-state index >= 15 is 0 Å². The Hall–Kier alpha value is -0.380. The maximum absolute atomic E-state index is 10.7. The van der Waals surface area contributed by atoms with E-state index in [0.29, 0.717) is 6.54 Å². The molecular formula is C6H13NO2S. The molecule has 1 amide bonds. The van der Waals surface area contributed by atoms with Crippen LogP contribution < -0.4 is 5.32 Å². The molecule has 0 spiro atoms. The lowest BCUT2D eigenvalue weighted by molar-refractivity contribution is -0.118. The van der Waals surface area contributed by atoms with Crippen LogP contribution in [0.4, 0.5) is 0 Å². The van der Waals surface area contributed by atoms with E-state index in [2.05, 4.69) is 5.32 Å². The van der Waals surface area contributed by atoms with Crippen LogP contribution in [0.1, 0.15) is 13.8 Å². The van der Waals surface area contributed by atoms with Gasteiger partial charge in [-0.2, -0.15) is 0 Å². The van der Waals surface area contributed by atoms with Crippen LogP contribution in [0.3, 0.4) is 0 Å². The minimum Gasteiger partial charge on any atom is -0.355 e. The molecule has 0 heterocycles. The van der Waals surface area contributed by atoms with Gasteiger partial charge in [-0.15, -0.1) is 0 Å². The Morgan fingerprint density at radius 2 is 2.20 bits per heavy atom. The van der Waals surface area contributed by atoms with Crippen molar-refractivity contribution in [3.8, 4) is 0 Å². The molecule has 0 bridgehead atoms. The van der Waals surface area contributed by atoms with E-state index in [-0.39, 0.29) is 11.2 Å². The minimum absolute atomic E-state index is 0.0453. The van der Waals surface area contributed by atoms with Crippen molar-refractivity contribution in [3.05, 3.63) is 0 Å². The summed E-state index contributed by atoms with van der Waals surface area (Å²) in [4.78, 5) is 10.4. The third-order valence-electron chi connectivity index (χ3n) is 1.21. The van der Waals surface area contributed by atoms with Crippen molar-refractivity contribution in [1.29, 1.82) is 0 Å². The van der Waals surface area contributed by atoms with Gasteiger partial charge in [-0.3, -0.25) is 9.00 Å². The SMILES string of the molecule is CC(=O)NCC(C)S(C)=O. The maximum atomic E-state index is 10.7. The van der Waals surface area contributed by atoms with Crippen molar-refractivity contribution in [1.82, 2.24) is 5.32 Å². The van der Waals surface area contributed by atoms with Gasteiger partial charge in [0, 0.05) is 35.8 Å². The highest BCUT2D eigenvalue weighted by Crippen LogP contribution is 1.88. The lowest BCUT2D eigenvalue weighted by atomic mass is 10.4. The van der Waals surface area contributed by atoms with E-state index in [0.717, 1.165) is 0 Å². The lowest BCUT2D eigenvalue weighted by Crippen LogP contribution is -2.30. The first-order valence-corrected chi connectivity index (χ1v) is 4.73. The molecule has 60 valence electrons. The monoisotopic (exact) mass is 163 g/mol. The largest absolute Gasteiger partial charge is 0.355 e. The quantitative estimate of drug-likeness (QED) is 0.631. The highest BCUT2D eigenvalue weighted by molar-refractivity contribution is 7.84. The van der Waals surface area contributed by atoms with Crippen LogP contribution in [0.2, 0.25) is 0 Å². The zero-order valence-corrected chi connectivity index (χ0v) is 7.33. The number of hydrogen-bond acceptors (Lipinski definition) is 2. The number of carbonyl (C=O) groups excluding carboxylic acids is 1. The molecule has 0 rings (SSSR count). The van der Waals surface area contributed by atoms with Gasteiger partial charge in [-0.1, -0.05) is 0 Å². The summed E-state index contributed by atoms with van der Waals surface area (Å²) < 4.78 is 10.7. The van der Waals surface area contributed by atoms with Gasteiger partial charge >= 0.3 is 0 Å². The molecule has 0 aromatic carbocycles. The van der Waals surface area contributed by atoms with E-state index in [1.54, 1.807) is 6.26 Å². The highest BCUT2D eigenvalue weighted by Gasteiger charge is 2.04. The lowest BCUT2D eigenvalue weighted by Gasteiger charge is -2.07. The summed E-state index contributed by atoms with van der Waals surface area (Å²) in [7, 11) is -0.841. The van der Waals surface area contributed by atoms with E-state index in [4.69, 9.17) is 0 Å². The molecule has 0 saturated carbocycles. The summed E-state index contributed by atoms with van der Waals surface area (Å²) in [6, 6.07) is 0. The van der Waals surface area contributed by atoms with Crippen LogP contribution in [-0.2, 0) is 15.6 Å². The number of hydrogen-bond donors (Lipinski definition) is 1. The summed E-state index contributed by atoms with van der Waals surface area (Å²) >= 11 is 0. The van der Waals surface area contributed by atoms with Gasteiger partial charge < -0.3 is 5.32 Å². The Bertz CT molecular complexity index is 147. The minimum atomic E-state index is -0.841. The Labute approximate surface area is 63.6 Å². The van der Waals surface area contributed by atoms with Gasteiger partial charge in [0.15, 0.2) is 0 Å². The smallest absolute Gasteiger partial charge is 0.216 e. The Balaban J connectivity index is 3.49. The second-order valence-corrected chi connectivity index (χ2v) is 4.05. The maximum Gasteiger partial charge on any atom is 0.216 e. The van der Waals surface area contributed by atoms with Gasteiger partial charge in [0.2, 0.25) is 5.91 Å². The standard InChI is InChI=1S/C6H13NO2S/c1-5(10(3)9)4-7-6(2)8/h5H,4H2,1-3H3,(H,7,8). The summed E-state index contributed by atoms with van der Waals surface area (Å²) in [5.41, 5.74) is 0. The summed E-state index contributed by atoms with van der Waals surface area (Å²) in [6.07, 6.45) is 1.63. The molecule has 0 aliphatic carbocycles. The molecule has 2 unspecified atom stereocenters. The highest BCUT2D eigenvalue weighted by atomic mass is 32.2. The summed E-state index contributed by atoms with van der Waals surface area (Å²) in [5.74, 6) is -0.0719. The Morgan fingerprint density at radius 3 is 2.50 bits per heavy atom. The van der Waals surface area contributed by atoms with Crippen LogP contribution in [0.25, 0.3) is 0 Å². The zero-order chi connectivity index (χ0) is 8.15. The zero-order valence-electron chi connectivity index (χ0n) is 6.51. The van der Waals surface area contributed by atoms with E-state index < -0.39 is 10.8 Å². The molecule has 0 aliphatic rings. The second-order valence-electron chi connectivity index (χ2n) is 2.25. The van der Waals surface area contributed by atoms with E-state index in [1.807, 2.05) is 6.92 Å². The van der Waals surface area contributed by atoms with Crippen molar-refractivity contribution in [3.63, 3.8) is 0 Å². The molecule has 0 aliphatic heterocycles. The molecule has 0 aromatic heterocycles. The second kappa shape index (κ2) is 4.44. The van der Waals surface area contributed by atoms with Crippen LogP contribution in [0.5, 0.6) is 0 Å².